The number of hydrogen-bond donors (Lipinski definition) is 3. The second kappa shape index (κ2) is 16.0. The Labute approximate surface area is 253 Å². The molecule has 3 N–H and O–H groups in total. The van der Waals surface area contributed by atoms with Gasteiger partial charge in [-0.1, -0.05) is 61.0 Å². The van der Waals surface area contributed by atoms with Crippen molar-refractivity contribution < 1.29 is 23.8 Å². The number of benzene rings is 3. The van der Waals surface area contributed by atoms with E-state index in [2.05, 4.69) is 26.9 Å². The third-order valence-electron chi connectivity index (χ3n) is 7.83. The fourth-order valence-corrected chi connectivity index (χ4v) is 5.41. The van der Waals surface area contributed by atoms with Crippen molar-refractivity contribution in [3.63, 3.8) is 0 Å². The highest BCUT2D eigenvalue weighted by atomic mass is 16.7. The van der Waals surface area contributed by atoms with E-state index < -0.39 is 6.09 Å². The molecular formula is C34H42N4O5. The summed E-state index contributed by atoms with van der Waals surface area (Å²) in [5.74, 6) is 1.72. The van der Waals surface area contributed by atoms with Crippen molar-refractivity contribution in [1.29, 1.82) is 0 Å². The van der Waals surface area contributed by atoms with Crippen molar-refractivity contribution in [2.45, 2.75) is 51.2 Å². The zero-order valence-corrected chi connectivity index (χ0v) is 24.7. The number of unbranched alkanes of at least 4 members (excludes halogenated alkanes) is 2. The number of likely N-dealkylation sites (tertiary alicyclic amines) is 1. The van der Waals surface area contributed by atoms with Crippen LogP contribution in [0, 0.1) is 0 Å². The van der Waals surface area contributed by atoms with Crippen molar-refractivity contribution in [3.05, 3.63) is 78.4 Å². The third kappa shape index (κ3) is 9.46. The smallest absolute Gasteiger partial charge is 0.411 e. The molecule has 5 rings (SSSR count). The summed E-state index contributed by atoms with van der Waals surface area (Å²) in [5.41, 5.74) is 3.91. The van der Waals surface area contributed by atoms with E-state index in [-0.39, 0.29) is 12.0 Å². The molecule has 0 atom stereocenters. The molecule has 0 aliphatic carbocycles. The Morgan fingerprint density at radius 1 is 0.860 bits per heavy atom. The van der Waals surface area contributed by atoms with Gasteiger partial charge in [-0.05, 0) is 61.6 Å². The Balaban J connectivity index is 0.886. The largest absolute Gasteiger partial charge is 0.454 e. The van der Waals surface area contributed by atoms with Gasteiger partial charge in [0.25, 0.3) is 0 Å². The molecule has 0 spiro atoms. The van der Waals surface area contributed by atoms with Crippen LogP contribution in [0.1, 0.15) is 44.1 Å². The summed E-state index contributed by atoms with van der Waals surface area (Å²) in [6.45, 7) is 5.08. The van der Waals surface area contributed by atoms with E-state index in [9.17, 15) is 9.59 Å². The summed E-state index contributed by atoms with van der Waals surface area (Å²) in [6.07, 6.45) is 4.55. The first kappa shape index (κ1) is 30.4. The number of anilines is 1. The Hall–Kier alpha value is -4.08. The highest BCUT2D eigenvalue weighted by Crippen LogP contribution is 2.32. The molecule has 0 unspecified atom stereocenters. The number of para-hydroxylation sites is 1. The monoisotopic (exact) mass is 586 g/mol. The molecule has 2 heterocycles. The van der Waals surface area contributed by atoms with Gasteiger partial charge in [-0.2, -0.15) is 0 Å². The van der Waals surface area contributed by atoms with Crippen LogP contribution in [0.5, 0.6) is 11.5 Å². The summed E-state index contributed by atoms with van der Waals surface area (Å²) in [4.78, 5) is 27.2. The molecule has 9 nitrogen and oxygen atoms in total. The maximum Gasteiger partial charge on any atom is 0.411 e. The maximum absolute atomic E-state index is 12.6. The lowest BCUT2D eigenvalue weighted by atomic mass is 10.0. The Morgan fingerprint density at radius 3 is 2.49 bits per heavy atom. The zero-order valence-electron chi connectivity index (χ0n) is 24.7. The first-order chi connectivity index (χ1) is 21.1. The summed E-state index contributed by atoms with van der Waals surface area (Å²) in [6, 6.07) is 23.7. The minimum absolute atomic E-state index is 0.0933. The number of nitrogens with one attached hydrogen (secondary N) is 3. The number of hydrogen-bond acceptors (Lipinski definition) is 7. The first-order valence-corrected chi connectivity index (χ1v) is 15.3. The van der Waals surface area contributed by atoms with Crippen molar-refractivity contribution in [3.8, 4) is 22.6 Å². The molecule has 2 amide bonds. The summed E-state index contributed by atoms with van der Waals surface area (Å²) < 4.78 is 16.5. The van der Waals surface area contributed by atoms with E-state index >= 15 is 0 Å². The molecule has 0 bridgehead atoms. The lowest BCUT2D eigenvalue weighted by molar-refractivity contribution is -0.121. The van der Waals surface area contributed by atoms with Crippen molar-refractivity contribution >= 4 is 17.7 Å². The lowest BCUT2D eigenvalue weighted by Crippen LogP contribution is -2.40. The Morgan fingerprint density at radius 2 is 1.63 bits per heavy atom. The van der Waals surface area contributed by atoms with E-state index in [0.29, 0.717) is 19.8 Å². The molecule has 0 radical (unpaired) electrons. The average molecular weight is 587 g/mol. The van der Waals surface area contributed by atoms with E-state index in [1.807, 2.05) is 66.7 Å². The van der Waals surface area contributed by atoms with Gasteiger partial charge in [-0.15, -0.1) is 0 Å². The predicted octanol–water partition coefficient (Wildman–Crippen LogP) is 5.56. The van der Waals surface area contributed by atoms with Crippen LogP contribution in [0.25, 0.3) is 11.1 Å². The number of nitrogens with zero attached hydrogens (tertiary/aromatic N) is 1. The van der Waals surface area contributed by atoms with Crippen molar-refractivity contribution in [2.75, 3.05) is 44.8 Å². The minimum Gasteiger partial charge on any atom is -0.454 e. The van der Waals surface area contributed by atoms with Gasteiger partial charge in [0.1, 0.15) is 6.10 Å². The van der Waals surface area contributed by atoms with Crippen LogP contribution >= 0.6 is 0 Å². The second-order valence-electron chi connectivity index (χ2n) is 11.0. The van der Waals surface area contributed by atoms with Crippen molar-refractivity contribution in [1.82, 2.24) is 15.5 Å². The number of rotatable bonds is 14. The highest BCUT2D eigenvalue weighted by molar-refractivity contribution is 5.91. The van der Waals surface area contributed by atoms with Gasteiger partial charge in [-0.25, -0.2) is 4.79 Å². The van der Waals surface area contributed by atoms with Crippen LogP contribution in [-0.2, 0) is 16.1 Å². The molecule has 3 aromatic rings. The van der Waals surface area contributed by atoms with Gasteiger partial charge in [0.15, 0.2) is 11.5 Å². The van der Waals surface area contributed by atoms with Gasteiger partial charge in [0, 0.05) is 44.7 Å². The fraction of sp³-hybridized carbons (Fsp3) is 0.412. The van der Waals surface area contributed by atoms with Gasteiger partial charge >= 0.3 is 6.09 Å². The quantitative estimate of drug-likeness (QED) is 0.213. The molecule has 1 fully saturated rings. The number of carbonyl (C=O) groups is 2. The fourth-order valence-electron chi connectivity index (χ4n) is 5.41. The molecule has 1 saturated heterocycles. The van der Waals surface area contributed by atoms with Gasteiger partial charge in [0.2, 0.25) is 12.7 Å². The highest BCUT2D eigenvalue weighted by Gasteiger charge is 2.23. The third-order valence-corrected chi connectivity index (χ3v) is 7.83. The molecule has 228 valence electrons. The van der Waals surface area contributed by atoms with E-state index in [0.717, 1.165) is 93.1 Å². The first-order valence-electron chi connectivity index (χ1n) is 15.3. The summed E-state index contributed by atoms with van der Waals surface area (Å²) in [7, 11) is 0. The molecule has 3 aromatic carbocycles. The van der Waals surface area contributed by atoms with Crippen LogP contribution in [0.4, 0.5) is 10.5 Å². The maximum atomic E-state index is 12.6. The summed E-state index contributed by atoms with van der Waals surface area (Å²) >= 11 is 0. The number of piperidine rings is 1. The van der Waals surface area contributed by atoms with Crippen LogP contribution < -0.4 is 25.4 Å². The predicted molar refractivity (Wildman–Crippen MR) is 167 cm³/mol. The molecule has 0 aromatic heterocycles. The van der Waals surface area contributed by atoms with E-state index in [4.69, 9.17) is 14.2 Å². The van der Waals surface area contributed by atoms with Crippen LogP contribution in [0.15, 0.2) is 72.8 Å². The Kier molecular flexibility index (Phi) is 11.3. The molecule has 2 aliphatic rings. The number of amides is 2. The lowest BCUT2D eigenvalue weighted by Gasteiger charge is -2.31. The van der Waals surface area contributed by atoms with Crippen LogP contribution in [0.3, 0.4) is 0 Å². The minimum atomic E-state index is -0.429. The molecule has 9 heteroatoms. The van der Waals surface area contributed by atoms with Crippen LogP contribution in [-0.4, -0.2) is 62.5 Å². The molecule has 0 saturated carbocycles. The number of fused-ring (bicyclic) bond motifs is 1. The molecule has 2 aliphatic heterocycles. The van der Waals surface area contributed by atoms with Crippen molar-refractivity contribution in [2.24, 2.45) is 0 Å². The van der Waals surface area contributed by atoms with Gasteiger partial charge < -0.3 is 29.7 Å². The summed E-state index contributed by atoms with van der Waals surface area (Å²) in [5, 5.41) is 9.43. The standard InChI is InChI=1S/C34H42N4O5/c39-33(36-19-8-2-7-18-35-24-26-13-14-31-32(23-26)42-25-41-31)17-22-38-20-15-28(16-21-38)43-34(40)37-30-12-6-5-11-29(30)27-9-3-1-4-10-27/h1,3-6,9-14,23,28,35H,2,7-8,15-22,24-25H2,(H,36,39)(H,37,40). The Bertz CT molecular complexity index is 1330. The van der Waals surface area contributed by atoms with Gasteiger partial charge in [0.05, 0.1) is 5.69 Å². The SMILES string of the molecule is O=C(CCN1CCC(OC(=O)Nc2ccccc2-c2ccccc2)CC1)NCCCCCNCc1ccc2c(c1)OCO2. The molecule has 43 heavy (non-hydrogen) atoms. The van der Waals surface area contributed by atoms with Crippen LogP contribution in [0.2, 0.25) is 0 Å². The zero-order chi connectivity index (χ0) is 29.7. The number of carbonyl (C=O) groups excluding carboxylic acids is 2. The second-order valence-corrected chi connectivity index (χ2v) is 11.0. The normalized spacial score (nSPS) is 14.8. The topological polar surface area (TPSA) is 101 Å². The number of ether oxygens (including phenoxy) is 3. The van der Waals surface area contributed by atoms with E-state index in [1.165, 1.54) is 5.56 Å². The van der Waals surface area contributed by atoms with E-state index in [1.54, 1.807) is 0 Å². The average Bonchev–Trinajstić information content (AvgIpc) is 3.51. The van der Waals surface area contributed by atoms with Gasteiger partial charge in [-0.3, -0.25) is 10.1 Å². The molecular weight excluding hydrogens is 544 g/mol.